The number of hydrogen-bond donors (Lipinski definition) is 1. The zero-order valence-electron chi connectivity index (χ0n) is 10.6. The number of unbranched alkanes of at least 4 members (excludes halogenated alkanes) is 1. The van der Waals surface area contributed by atoms with Gasteiger partial charge in [-0.2, -0.15) is 0 Å². The van der Waals surface area contributed by atoms with Gasteiger partial charge in [0, 0.05) is 6.54 Å². The molecule has 1 aromatic carbocycles. The van der Waals surface area contributed by atoms with Crippen LogP contribution in [0.25, 0.3) is 0 Å². The highest BCUT2D eigenvalue weighted by molar-refractivity contribution is 6.67. The van der Waals surface area contributed by atoms with E-state index < -0.39 is 23.4 Å². The number of nitrogens with one attached hydrogen (secondary N) is 1. The second-order valence-electron chi connectivity index (χ2n) is 4.60. The second kappa shape index (κ2) is 6.14. The number of carbonyl (C=O) groups excluding carboxylic acids is 1. The molecule has 0 aliphatic carbocycles. The third kappa shape index (κ3) is 2.56. The van der Waals surface area contributed by atoms with Crippen LogP contribution in [0.5, 0.6) is 0 Å². The van der Waals surface area contributed by atoms with Gasteiger partial charge in [-0.25, -0.2) is 4.39 Å². The third-order valence-corrected chi connectivity index (χ3v) is 4.03. The fourth-order valence-electron chi connectivity index (χ4n) is 2.33. The lowest BCUT2D eigenvalue weighted by molar-refractivity contribution is -0.114. The zero-order valence-corrected chi connectivity index (χ0v) is 12.1. The average Bonchev–Trinajstić information content (AvgIpc) is 2.73. The number of anilines is 2. The van der Waals surface area contributed by atoms with E-state index in [-0.39, 0.29) is 5.88 Å². The van der Waals surface area contributed by atoms with Gasteiger partial charge in [0.2, 0.25) is 5.66 Å². The van der Waals surface area contributed by atoms with Gasteiger partial charge in [0.25, 0.3) is 5.24 Å². The fourth-order valence-corrected chi connectivity index (χ4v) is 2.95. The minimum absolute atomic E-state index is 0.0960. The van der Waals surface area contributed by atoms with Crippen molar-refractivity contribution in [1.29, 1.82) is 0 Å². The smallest absolute Gasteiger partial charge is 0.269 e. The van der Waals surface area contributed by atoms with Gasteiger partial charge in [-0.3, -0.25) is 9.18 Å². The van der Waals surface area contributed by atoms with Crippen LogP contribution in [0.2, 0.25) is 0 Å². The number of alkyl halides is 2. The summed E-state index contributed by atoms with van der Waals surface area (Å²) in [6.45, 7) is -0.0268. The summed E-state index contributed by atoms with van der Waals surface area (Å²) in [5, 5.41) is 2.22. The van der Waals surface area contributed by atoms with Crippen LogP contribution < -0.4 is 10.2 Å². The Bertz CT molecular complexity index is 515. The molecule has 3 nitrogen and oxygen atoms in total. The molecular formula is C13H14Cl2F2N2O. The van der Waals surface area contributed by atoms with Gasteiger partial charge >= 0.3 is 0 Å². The number of halogens is 4. The molecule has 1 aliphatic heterocycles. The van der Waals surface area contributed by atoms with E-state index in [4.69, 9.17) is 23.2 Å². The topological polar surface area (TPSA) is 32.3 Å². The maximum Gasteiger partial charge on any atom is 0.269 e. The Kier molecular flexibility index (Phi) is 4.70. The van der Waals surface area contributed by atoms with Gasteiger partial charge in [0.1, 0.15) is 5.82 Å². The molecule has 0 aromatic heterocycles. The van der Waals surface area contributed by atoms with Crippen molar-refractivity contribution in [2.75, 3.05) is 29.3 Å². The lowest BCUT2D eigenvalue weighted by atomic mass is 10.1. The van der Waals surface area contributed by atoms with Gasteiger partial charge < -0.3 is 10.2 Å². The Hall–Kier alpha value is -1.07. The van der Waals surface area contributed by atoms with Gasteiger partial charge in [-0.05, 0) is 42.6 Å². The van der Waals surface area contributed by atoms with E-state index in [1.807, 2.05) is 0 Å². The molecule has 1 aliphatic rings. The van der Waals surface area contributed by atoms with Crippen LogP contribution in [0.1, 0.15) is 12.8 Å². The minimum atomic E-state index is -1.31. The first-order valence-electron chi connectivity index (χ1n) is 6.22. The van der Waals surface area contributed by atoms with Crippen LogP contribution in [0.3, 0.4) is 0 Å². The van der Waals surface area contributed by atoms with Crippen molar-refractivity contribution in [3.05, 3.63) is 24.0 Å². The van der Waals surface area contributed by atoms with Gasteiger partial charge in [-0.15, -0.1) is 11.6 Å². The van der Waals surface area contributed by atoms with E-state index >= 15 is 0 Å². The number of hydrogen-bond acceptors (Lipinski definition) is 3. The van der Waals surface area contributed by atoms with Crippen LogP contribution in [-0.4, -0.2) is 30.0 Å². The summed E-state index contributed by atoms with van der Waals surface area (Å²) < 4.78 is 25.5. The molecular weight excluding hydrogens is 309 g/mol. The number of fused-ring (bicyclic) bond motifs is 1. The van der Waals surface area contributed by atoms with Crippen molar-refractivity contribution in [3.8, 4) is 0 Å². The largest absolute Gasteiger partial charge is 0.353 e. The molecule has 1 unspecified atom stereocenters. The number of benzene rings is 1. The highest BCUT2D eigenvalue weighted by Gasteiger charge is 2.48. The molecule has 1 atom stereocenters. The molecule has 7 heteroatoms. The molecule has 2 rings (SSSR count). The maximum atomic E-state index is 13.3. The number of carbonyl (C=O) groups is 1. The monoisotopic (exact) mass is 322 g/mol. The van der Waals surface area contributed by atoms with Crippen LogP contribution >= 0.6 is 23.2 Å². The SMILES string of the molecule is O=C(Cl)C1(CCl)Nc2cc(F)ccc2N1CCCCF. The fraction of sp³-hybridized carbons (Fsp3) is 0.462. The molecule has 110 valence electrons. The summed E-state index contributed by atoms with van der Waals surface area (Å²) in [5.74, 6) is -0.520. The average molecular weight is 323 g/mol. The molecule has 0 amide bonds. The third-order valence-electron chi connectivity index (χ3n) is 3.34. The summed E-state index contributed by atoms with van der Waals surface area (Å²) in [7, 11) is 0. The predicted octanol–water partition coefficient (Wildman–Crippen LogP) is 3.51. The quantitative estimate of drug-likeness (QED) is 0.494. The Morgan fingerprint density at radius 3 is 2.75 bits per heavy atom. The van der Waals surface area contributed by atoms with E-state index in [2.05, 4.69) is 5.32 Å². The maximum absolute atomic E-state index is 13.3. The molecule has 1 heterocycles. The van der Waals surface area contributed by atoms with E-state index in [0.717, 1.165) is 0 Å². The number of nitrogens with zero attached hydrogens (tertiary/aromatic N) is 1. The van der Waals surface area contributed by atoms with E-state index in [9.17, 15) is 13.6 Å². The molecule has 0 spiro atoms. The van der Waals surface area contributed by atoms with E-state index in [0.29, 0.717) is 30.8 Å². The summed E-state index contributed by atoms with van der Waals surface area (Å²) in [4.78, 5) is 13.5. The number of rotatable bonds is 6. The highest BCUT2D eigenvalue weighted by atomic mass is 35.5. The molecule has 0 saturated heterocycles. The van der Waals surface area contributed by atoms with E-state index in [1.54, 1.807) is 11.0 Å². The molecule has 0 bridgehead atoms. The van der Waals surface area contributed by atoms with Gasteiger partial charge in [0.15, 0.2) is 0 Å². The summed E-state index contributed by atoms with van der Waals surface area (Å²) in [6.07, 6.45) is 0.916. The molecule has 0 fully saturated rings. The van der Waals surface area contributed by atoms with Crippen molar-refractivity contribution in [1.82, 2.24) is 0 Å². The molecule has 20 heavy (non-hydrogen) atoms. The van der Waals surface area contributed by atoms with E-state index in [1.165, 1.54) is 12.1 Å². The minimum Gasteiger partial charge on any atom is -0.353 e. The summed E-state index contributed by atoms with van der Waals surface area (Å²) in [5.41, 5.74) is -0.213. The zero-order chi connectivity index (χ0) is 14.8. The van der Waals surface area contributed by atoms with Crippen molar-refractivity contribution < 1.29 is 13.6 Å². The lowest BCUT2D eigenvalue weighted by Crippen LogP contribution is -2.57. The first-order chi connectivity index (χ1) is 9.55. The molecule has 1 N–H and O–H groups in total. The van der Waals surface area contributed by atoms with Crippen LogP contribution in [-0.2, 0) is 4.79 Å². The van der Waals surface area contributed by atoms with Crippen molar-refractivity contribution in [3.63, 3.8) is 0 Å². The highest BCUT2D eigenvalue weighted by Crippen LogP contribution is 2.42. The van der Waals surface area contributed by atoms with Crippen molar-refractivity contribution >= 4 is 39.8 Å². The van der Waals surface area contributed by atoms with Crippen molar-refractivity contribution in [2.45, 2.75) is 18.5 Å². The van der Waals surface area contributed by atoms with Gasteiger partial charge in [-0.1, -0.05) is 0 Å². The van der Waals surface area contributed by atoms with Crippen LogP contribution in [0.15, 0.2) is 18.2 Å². The Balaban J connectivity index is 2.37. The summed E-state index contributed by atoms with van der Waals surface area (Å²) >= 11 is 11.6. The Morgan fingerprint density at radius 1 is 1.40 bits per heavy atom. The lowest BCUT2D eigenvalue weighted by Gasteiger charge is -2.35. The molecule has 1 aromatic rings. The second-order valence-corrected chi connectivity index (χ2v) is 5.21. The van der Waals surface area contributed by atoms with Crippen LogP contribution in [0, 0.1) is 5.82 Å². The summed E-state index contributed by atoms with van der Waals surface area (Å²) in [6, 6.07) is 4.14. The van der Waals surface area contributed by atoms with Crippen molar-refractivity contribution in [2.24, 2.45) is 0 Å². The first kappa shape index (κ1) is 15.3. The van der Waals surface area contributed by atoms with Crippen LogP contribution in [0.4, 0.5) is 20.2 Å². The first-order valence-corrected chi connectivity index (χ1v) is 7.13. The normalized spacial score (nSPS) is 20.7. The Labute approximate surface area is 125 Å². The molecule has 0 saturated carbocycles. The Morgan fingerprint density at radius 2 is 2.15 bits per heavy atom. The van der Waals surface area contributed by atoms with Gasteiger partial charge in [0.05, 0.1) is 23.9 Å². The predicted molar refractivity (Wildman–Crippen MR) is 76.9 cm³/mol. The molecule has 0 radical (unpaired) electrons. The standard InChI is InChI=1S/C13H14Cl2F2N2O/c14-8-13(12(15)20)18-10-7-9(17)3-4-11(10)19(13)6-2-1-5-16/h3-4,7,18H,1-2,5-6,8H2.